The average Bonchev–Trinajstić information content (AvgIpc) is 3.18. The summed E-state index contributed by atoms with van der Waals surface area (Å²) < 4.78 is 11.6. The third-order valence-corrected chi connectivity index (χ3v) is 6.67. The molecule has 0 saturated carbocycles. The van der Waals surface area contributed by atoms with Crippen LogP contribution in [0.3, 0.4) is 0 Å². The summed E-state index contributed by atoms with van der Waals surface area (Å²) in [5.41, 5.74) is 2.44. The van der Waals surface area contributed by atoms with Crippen LogP contribution in [0.1, 0.15) is 66.6 Å². The zero-order valence-corrected chi connectivity index (χ0v) is 20.9. The van der Waals surface area contributed by atoms with Gasteiger partial charge >= 0.3 is 0 Å². The number of benzene rings is 2. The van der Waals surface area contributed by atoms with Crippen LogP contribution in [-0.2, 0) is 33.9 Å². The van der Waals surface area contributed by atoms with E-state index in [2.05, 4.69) is 12.2 Å². The lowest BCUT2D eigenvalue weighted by Gasteiger charge is -2.29. The normalized spacial score (nSPS) is 19.1. The highest BCUT2D eigenvalue weighted by Crippen LogP contribution is 2.34. The highest BCUT2D eigenvalue weighted by atomic mass is 16.5. The summed E-state index contributed by atoms with van der Waals surface area (Å²) in [5.74, 6) is -0.348. The number of imide groups is 1. The highest BCUT2D eigenvalue weighted by molar-refractivity contribution is 6.05. The van der Waals surface area contributed by atoms with Crippen LogP contribution >= 0.6 is 0 Å². The fraction of sp³-hybridized carbons (Fsp3) is 0.464. The van der Waals surface area contributed by atoms with Gasteiger partial charge in [0.2, 0.25) is 11.8 Å². The van der Waals surface area contributed by atoms with E-state index in [0.29, 0.717) is 50.4 Å². The van der Waals surface area contributed by atoms with Gasteiger partial charge in [0.25, 0.3) is 5.91 Å². The molecular weight excluding hydrogens is 460 g/mol. The fourth-order valence-corrected chi connectivity index (χ4v) is 4.67. The number of hydrogen-bond donors (Lipinski definition) is 2. The molecule has 2 atom stereocenters. The zero-order chi connectivity index (χ0) is 25.7. The summed E-state index contributed by atoms with van der Waals surface area (Å²) >= 11 is 0. The molecule has 2 heterocycles. The summed E-state index contributed by atoms with van der Waals surface area (Å²) in [5, 5.41) is 13.0. The van der Waals surface area contributed by atoms with Gasteiger partial charge in [0.05, 0.1) is 12.1 Å². The predicted molar refractivity (Wildman–Crippen MR) is 133 cm³/mol. The van der Waals surface area contributed by atoms with E-state index in [0.717, 1.165) is 23.1 Å². The molecule has 3 amide bonds. The van der Waals surface area contributed by atoms with Crippen LogP contribution in [0.15, 0.2) is 42.5 Å². The lowest BCUT2D eigenvalue weighted by atomic mass is 9.93. The van der Waals surface area contributed by atoms with E-state index in [1.807, 2.05) is 37.3 Å². The Morgan fingerprint density at radius 1 is 1.08 bits per heavy atom. The van der Waals surface area contributed by atoms with Crippen molar-refractivity contribution in [1.29, 1.82) is 0 Å². The first kappa shape index (κ1) is 25.9. The SMILES string of the molecule is CCCOCCC(C)(O)Cc1ccc(COc2cccc3c2CN(C2CCC(=O)NC2=O)C3=O)cc1. The predicted octanol–water partition coefficient (Wildman–Crippen LogP) is 3.14. The van der Waals surface area contributed by atoms with Crippen molar-refractivity contribution in [2.24, 2.45) is 0 Å². The van der Waals surface area contributed by atoms with Gasteiger partial charge in [0.15, 0.2) is 0 Å². The number of ether oxygens (including phenoxy) is 2. The van der Waals surface area contributed by atoms with E-state index in [1.165, 1.54) is 4.90 Å². The van der Waals surface area contributed by atoms with Crippen LogP contribution < -0.4 is 10.1 Å². The maximum absolute atomic E-state index is 13.0. The molecule has 1 saturated heterocycles. The molecule has 0 aromatic heterocycles. The van der Waals surface area contributed by atoms with Crippen molar-refractivity contribution >= 4 is 17.7 Å². The van der Waals surface area contributed by atoms with Gasteiger partial charge in [-0.3, -0.25) is 19.7 Å². The molecule has 0 bridgehead atoms. The second kappa shape index (κ2) is 11.2. The number of carbonyl (C=O) groups excluding carboxylic acids is 3. The maximum Gasteiger partial charge on any atom is 0.255 e. The molecule has 2 aromatic carbocycles. The Labute approximate surface area is 211 Å². The van der Waals surface area contributed by atoms with Crippen LogP contribution in [0, 0.1) is 0 Å². The molecule has 2 aliphatic rings. The maximum atomic E-state index is 13.0. The number of nitrogens with one attached hydrogen (secondary N) is 1. The first-order valence-electron chi connectivity index (χ1n) is 12.5. The first-order chi connectivity index (χ1) is 17.3. The molecule has 192 valence electrons. The first-order valence-corrected chi connectivity index (χ1v) is 12.5. The quantitative estimate of drug-likeness (QED) is 0.367. The van der Waals surface area contributed by atoms with E-state index in [-0.39, 0.29) is 24.8 Å². The number of aliphatic hydroxyl groups is 1. The van der Waals surface area contributed by atoms with Crippen molar-refractivity contribution in [2.45, 2.75) is 70.7 Å². The zero-order valence-electron chi connectivity index (χ0n) is 20.9. The Kier molecular flexibility index (Phi) is 8.06. The average molecular weight is 495 g/mol. The van der Waals surface area contributed by atoms with E-state index >= 15 is 0 Å². The Bertz CT molecular complexity index is 1110. The summed E-state index contributed by atoms with van der Waals surface area (Å²) in [6.07, 6.45) is 2.62. The Hall–Kier alpha value is -3.23. The van der Waals surface area contributed by atoms with Crippen molar-refractivity contribution in [2.75, 3.05) is 13.2 Å². The number of amides is 3. The minimum absolute atomic E-state index is 0.220. The number of hydrogen-bond acceptors (Lipinski definition) is 6. The molecule has 0 spiro atoms. The molecule has 0 radical (unpaired) electrons. The second-order valence-electron chi connectivity index (χ2n) is 9.82. The van der Waals surface area contributed by atoms with E-state index in [1.54, 1.807) is 12.1 Å². The third-order valence-electron chi connectivity index (χ3n) is 6.67. The Morgan fingerprint density at radius 3 is 2.56 bits per heavy atom. The van der Waals surface area contributed by atoms with Gasteiger partial charge in [-0.25, -0.2) is 0 Å². The van der Waals surface area contributed by atoms with Crippen molar-refractivity contribution in [1.82, 2.24) is 10.2 Å². The molecule has 2 N–H and O–H groups in total. The molecule has 2 aromatic rings. The minimum Gasteiger partial charge on any atom is -0.489 e. The van der Waals surface area contributed by atoms with Crippen molar-refractivity contribution in [3.63, 3.8) is 0 Å². The van der Waals surface area contributed by atoms with E-state index in [4.69, 9.17) is 9.47 Å². The number of nitrogens with zero attached hydrogens (tertiary/aromatic N) is 1. The lowest BCUT2D eigenvalue weighted by molar-refractivity contribution is -0.136. The highest BCUT2D eigenvalue weighted by Gasteiger charge is 2.40. The monoisotopic (exact) mass is 494 g/mol. The van der Waals surface area contributed by atoms with Crippen LogP contribution in [0.2, 0.25) is 0 Å². The van der Waals surface area contributed by atoms with Gasteiger partial charge in [-0.15, -0.1) is 0 Å². The minimum atomic E-state index is -0.836. The lowest BCUT2D eigenvalue weighted by Crippen LogP contribution is -2.52. The third kappa shape index (κ3) is 6.12. The second-order valence-corrected chi connectivity index (χ2v) is 9.82. The summed E-state index contributed by atoms with van der Waals surface area (Å²) in [6.45, 7) is 5.73. The summed E-state index contributed by atoms with van der Waals surface area (Å²) in [4.78, 5) is 38.3. The molecular formula is C28H34N2O6. The van der Waals surface area contributed by atoms with E-state index < -0.39 is 17.6 Å². The van der Waals surface area contributed by atoms with Gasteiger partial charge in [0.1, 0.15) is 18.4 Å². The smallest absolute Gasteiger partial charge is 0.255 e. The molecule has 1 fully saturated rings. The van der Waals surface area contributed by atoms with Crippen molar-refractivity contribution in [3.05, 3.63) is 64.7 Å². The summed E-state index contributed by atoms with van der Waals surface area (Å²) in [6, 6.07) is 12.6. The van der Waals surface area contributed by atoms with Gasteiger partial charge in [0, 0.05) is 37.2 Å². The molecule has 2 aliphatic heterocycles. The molecule has 4 rings (SSSR count). The van der Waals surface area contributed by atoms with Crippen LogP contribution in [-0.4, -0.2) is 52.6 Å². The van der Waals surface area contributed by atoms with Gasteiger partial charge in [-0.05, 0) is 49.4 Å². The number of rotatable bonds is 11. The Morgan fingerprint density at radius 2 is 1.83 bits per heavy atom. The topological polar surface area (TPSA) is 105 Å². The number of piperidine rings is 1. The van der Waals surface area contributed by atoms with Crippen LogP contribution in [0.25, 0.3) is 0 Å². The fourth-order valence-electron chi connectivity index (χ4n) is 4.67. The van der Waals surface area contributed by atoms with Gasteiger partial charge in [-0.1, -0.05) is 37.3 Å². The molecule has 36 heavy (non-hydrogen) atoms. The number of carbonyl (C=O) groups is 3. The van der Waals surface area contributed by atoms with Gasteiger partial charge in [-0.2, -0.15) is 0 Å². The molecule has 0 aliphatic carbocycles. The van der Waals surface area contributed by atoms with Gasteiger partial charge < -0.3 is 19.5 Å². The standard InChI is InChI=1S/C28H34N2O6/c1-3-14-35-15-13-28(2,34)16-19-7-9-20(10-8-19)18-36-24-6-4-5-21-22(24)17-30(27(21)33)23-11-12-25(31)29-26(23)32/h4-10,23,34H,3,11-18H2,1-2H3,(H,29,31,32). The van der Waals surface area contributed by atoms with Crippen molar-refractivity contribution in [3.8, 4) is 5.75 Å². The van der Waals surface area contributed by atoms with Crippen LogP contribution in [0.5, 0.6) is 5.75 Å². The van der Waals surface area contributed by atoms with Crippen LogP contribution in [0.4, 0.5) is 0 Å². The largest absolute Gasteiger partial charge is 0.489 e. The Balaban J connectivity index is 1.35. The molecule has 2 unspecified atom stereocenters. The number of fused-ring (bicyclic) bond motifs is 1. The van der Waals surface area contributed by atoms with E-state index in [9.17, 15) is 19.5 Å². The summed E-state index contributed by atoms with van der Waals surface area (Å²) in [7, 11) is 0. The molecule has 8 nitrogen and oxygen atoms in total. The van der Waals surface area contributed by atoms with Crippen molar-refractivity contribution < 1.29 is 29.0 Å². The molecule has 8 heteroatoms.